The molecule has 0 bridgehead atoms. The average Bonchev–Trinajstić information content (AvgIpc) is 2.99. The van der Waals surface area contributed by atoms with Gasteiger partial charge in [0.05, 0.1) is 12.5 Å². The molecule has 5 heteroatoms. The molecule has 0 saturated heterocycles. The number of nitrogens with two attached hydrogens (primary N) is 1. The zero-order valence-electron chi connectivity index (χ0n) is 14.7. The molecule has 132 valence electrons. The Labute approximate surface area is 139 Å². The topological polar surface area (TPSA) is 92.4 Å². The van der Waals surface area contributed by atoms with Crippen LogP contribution in [-0.4, -0.2) is 28.6 Å². The molecule has 0 aromatic rings. The molecule has 2 saturated carbocycles. The van der Waals surface area contributed by atoms with E-state index in [1.807, 2.05) is 0 Å². The average molecular weight is 324 g/mol. The third kappa shape index (κ3) is 4.93. The van der Waals surface area contributed by atoms with Crippen LogP contribution in [0.5, 0.6) is 0 Å². The lowest BCUT2D eigenvalue weighted by atomic mass is 9.73. The minimum absolute atomic E-state index is 0.113. The molecule has 0 aromatic carbocycles. The van der Waals surface area contributed by atoms with Gasteiger partial charge in [-0.2, -0.15) is 0 Å². The first kappa shape index (κ1) is 18.2. The Morgan fingerprint density at radius 3 is 2.48 bits per heavy atom. The molecule has 1 amide bonds. The molecule has 23 heavy (non-hydrogen) atoms. The molecule has 2 unspecified atom stereocenters. The first-order chi connectivity index (χ1) is 10.6. The fourth-order valence-electron chi connectivity index (χ4n) is 4.21. The van der Waals surface area contributed by atoms with E-state index in [0.717, 1.165) is 37.5 Å². The molecule has 0 heterocycles. The van der Waals surface area contributed by atoms with Crippen molar-refractivity contribution < 1.29 is 14.7 Å². The maximum absolute atomic E-state index is 12.1. The van der Waals surface area contributed by atoms with Gasteiger partial charge in [-0.1, -0.05) is 33.6 Å². The normalized spacial score (nSPS) is 27.5. The van der Waals surface area contributed by atoms with Crippen LogP contribution in [0.4, 0.5) is 0 Å². The summed E-state index contributed by atoms with van der Waals surface area (Å²) in [5.41, 5.74) is 5.90. The number of rotatable bonds is 7. The molecule has 3 atom stereocenters. The van der Waals surface area contributed by atoms with Crippen molar-refractivity contribution in [3.8, 4) is 0 Å². The highest BCUT2D eigenvalue weighted by atomic mass is 16.4. The van der Waals surface area contributed by atoms with Crippen molar-refractivity contribution in [3.63, 3.8) is 0 Å². The summed E-state index contributed by atoms with van der Waals surface area (Å²) < 4.78 is 0. The first-order valence-electron chi connectivity index (χ1n) is 8.92. The molecule has 2 aliphatic rings. The third-order valence-electron chi connectivity index (χ3n) is 5.74. The van der Waals surface area contributed by atoms with Gasteiger partial charge in [0.2, 0.25) is 5.91 Å². The number of carboxylic acids is 1. The van der Waals surface area contributed by atoms with E-state index in [-0.39, 0.29) is 17.9 Å². The van der Waals surface area contributed by atoms with Crippen LogP contribution in [0.15, 0.2) is 0 Å². The van der Waals surface area contributed by atoms with Gasteiger partial charge in [-0.25, -0.2) is 0 Å². The van der Waals surface area contributed by atoms with Crippen molar-refractivity contribution in [1.29, 1.82) is 0 Å². The van der Waals surface area contributed by atoms with Crippen molar-refractivity contribution in [3.05, 3.63) is 0 Å². The van der Waals surface area contributed by atoms with Crippen LogP contribution in [0.3, 0.4) is 0 Å². The number of amides is 1. The quantitative estimate of drug-likeness (QED) is 0.671. The Morgan fingerprint density at radius 1 is 1.30 bits per heavy atom. The zero-order valence-corrected chi connectivity index (χ0v) is 14.7. The zero-order chi connectivity index (χ0) is 17.3. The third-order valence-corrected chi connectivity index (χ3v) is 5.74. The fraction of sp³-hybridized carbons (Fsp3) is 0.889. The van der Waals surface area contributed by atoms with Crippen LogP contribution < -0.4 is 11.1 Å². The van der Waals surface area contributed by atoms with Gasteiger partial charge in [-0.3, -0.25) is 9.59 Å². The van der Waals surface area contributed by atoms with Gasteiger partial charge in [0, 0.05) is 5.54 Å². The lowest BCUT2D eigenvalue weighted by Gasteiger charge is -2.33. The van der Waals surface area contributed by atoms with Gasteiger partial charge in [0.1, 0.15) is 0 Å². The highest BCUT2D eigenvalue weighted by Gasteiger charge is 2.46. The minimum Gasteiger partial charge on any atom is -0.481 e. The molecule has 0 radical (unpaired) electrons. The molecule has 2 fully saturated rings. The second-order valence-electron chi connectivity index (χ2n) is 8.68. The van der Waals surface area contributed by atoms with Crippen molar-refractivity contribution in [2.75, 3.05) is 0 Å². The van der Waals surface area contributed by atoms with Crippen molar-refractivity contribution in [2.45, 2.75) is 83.7 Å². The molecular formula is C18H32N2O3. The number of hydrogen-bond acceptors (Lipinski definition) is 3. The molecule has 5 nitrogen and oxygen atoms in total. The predicted molar refractivity (Wildman–Crippen MR) is 89.9 cm³/mol. The number of carbonyl (C=O) groups is 2. The first-order valence-corrected chi connectivity index (χ1v) is 8.92. The highest BCUT2D eigenvalue weighted by Crippen LogP contribution is 2.48. The van der Waals surface area contributed by atoms with Crippen LogP contribution in [0, 0.1) is 17.3 Å². The van der Waals surface area contributed by atoms with E-state index in [1.54, 1.807) is 0 Å². The van der Waals surface area contributed by atoms with Crippen molar-refractivity contribution in [1.82, 2.24) is 5.32 Å². The number of hydrogen-bond donors (Lipinski definition) is 3. The van der Waals surface area contributed by atoms with E-state index >= 15 is 0 Å². The standard InChI is InChI=1S/C18H32N2O3/c1-17(2,3)13-6-4-5-12(13)7-8-18(9-10-18)20-16(23)14(19)11-15(21)22/h12-14H,4-11,19H2,1-3H3,(H,20,23)(H,21,22)/t12?,13?,14-/m0/s1. The lowest BCUT2D eigenvalue weighted by molar-refractivity contribution is -0.139. The number of carbonyl (C=O) groups excluding carboxylic acids is 1. The summed E-state index contributed by atoms with van der Waals surface area (Å²) in [5.74, 6) is 0.167. The van der Waals surface area contributed by atoms with Crippen molar-refractivity contribution in [2.24, 2.45) is 23.0 Å². The van der Waals surface area contributed by atoms with Gasteiger partial charge in [-0.05, 0) is 49.4 Å². The molecule has 2 aliphatic carbocycles. The summed E-state index contributed by atoms with van der Waals surface area (Å²) in [6.07, 6.45) is 7.75. The molecule has 4 N–H and O–H groups in total. The summed E-state index contributed by atoms with van der Waals surface area (Å²) in [6, 6.07) is -0.946. The van der Waals surface area contributed by atoms with Gasteiger partial charge >= 0.3 is 5.97 Å². The monoisotopic (exact) mass is 324 g/mol. The van der Waals surface area contributed by atoms with Crippen LogP contribution in [0.2, 0.25) is 0 Å². The van der Waals surface area contributed by atoms with Crippen molar-refractivity contribution >= 4 is 11.9 Å². The summed E-state index contributed by atoms with van der Waals surface area (Å²) in [6.45, 7) is 6.99. The van der Waals surface area contributed by atoms with E-state index in [2.05, 4.69) is 26.1 Å². The Hall–Kier alpha value is -1.10. The van der Waals surface area contributed by atoms with Crippen LogP contribution in [-0.2, 0) is 9.59 Å². The van der Waals surface area contributed by atoms with Gasteiger partial charge in [0.15, 0.2) is 0 Å². The van der Waals surface area contributed by atoms with E-state index in [4.69, 9.17) is 10.8 Å². The Kier molecular flexibility index (Phi) is 5.39. The Morgan fingerprint density at radius 2 is 1.96 bits per heavy atom. The SMILES string of the molecule is CC(C)(C)C1CCCC1CCC1(NC(=O)[C@@H](N)CC(=O)O)CC1. The summed E-state index contributed by atoms with van der Waals surface area (Å²) in [5, 5.41) is 11.8. The Bertz CT molecular complexity index is 452. The maximum Gasteiger partial charge on any atom is 0.305 e. The van der Waals surface area contributed by atoms with Gasteiger partial charge in [-0.15, -0.1) is 0 Å². The van der Waals surface area contributed by atoms with E-state index in [0.29, 0.717) is 5.41 Å². The fourth-order valence-corrected chi connectivity index (χ4v) is 4.21. The van der Waals surface area contributed by atoms with E-state index < -0.39 is 12.0 Å². The second-order valence-corrected chi connectivity index (χ2v) is 8.68. The van der Waals surface area contributed by atoms with Crippen LogP contribution in [0.1, 0.15) is 72.1 Å². The summed E-state index contributed by atoms with van der Waals surface area (Å²) in [7, 11) is 0. The minimum atomic E-state index is -1.03. The summed E-state index contributed by atoms with van der Waals surface area (Å²) >= 11 is 0. The largest absolute Gasteiger partial charge is 0.481 e. The maximum atomic E-state index is 12.1. The smallest absolute Gasteiger partial charge is 0.305 e. The van der Waals surface area contributed by atoms with Crippen LogP contribution in [0.25, 0.3) is 0 Å². The lowest BCUT2D eigenvalue weighted by Crippen LogP contribution is -2.47. The van der Waals surface area contributed by atoms with Gasteiger partial charge in [0.25, 0.3) is 0 Å². The van der Waals surface area contributed by atoms with E-state index in [1.165, 1.54) is 19.3 Å². The molecule has 0 aromatic heterocycles. The number of aliphatic carboxylic acids is 1. The number of nitrogens with one attached hydrogen (secondary N) is 1. The molecular weight excluding hydrogens is 292 g/mol. The number of carboxylic acid groups (broad SMARTS) is 1. The highest BCUT2D eigenvalue weighted by molar-refractivity contribution is 5.86. The molecule has 2 rings (SSSR count). The summed E-state index contributed by atoms with van der Waals surface area (Å²) in [4.78, 5) is 22.7. The predicted octanol–water partition coefficient (Wildman–Crippen LogP) is 2.68. The van der Waals surface area contributed by atoms with E-state index in [9.17, 15) is 9.59 Å². The van der Waals surface area contributed by atoms with Crippen LogP contribution >= 0.6 is 0 Å². The molecule has 0 aliphatic heterocycles. The second kappa shape index (κ2) is 6.80. The van der Waals surface area contributed by atoms with Gasteiger partial charge < -0.3 is 16.2 Å². The molecule has 0 spiro atoms. The Balaban J connectivity index is 1.83.